The Labute approximate surface area is 156 Å². The van der Waals surface area contributed by atoms with Crippen molar-refractivity contribution in [3.05, 3.63) is 93.7 Å². The zero-order chi connectivity index (χ0) is 17.6. The van der Waals surface area contributed by atoms with Crippen LogP contribution >= 0.6 is 23.2 Å². The minimum absolute atomic E-state index is 0.106. The molecule has 5 heteroatoms. The molecule has 1 N–H and O–H groups in total. The Balaban J connectivity index is 1.54. The quantitative estimate of drug-likeness (QED) is 0.543. The van der Waals surface area contributed by atoms with Crippen LogP contribution in [-0.2, 0) is 13.2 Å². The lowest BCUT2D eigenvalue weighted by Crippen LogP contribution is -2.00. The Bertz CT molecular complexity index is 853. The molecule has 0 amide bonds. The molecule has 3 rings (SSSR count). The van der Waals surface area contributed by atoms with Crippen molar-refractivity contribution >= 4 is 28.9 Å². The van der Waals surface area contributed by atoms with E-state index in [4.69, 9.17) is 27.9 Å². The molecule has 2 nitrogen and oxygen atoms in total. The van der Waals surface area contributed by atoms with Crippen LogP contribution in [0.2, 0.25) is 10.0 Å². The highest BCUT2D eigenvalue weighted by atomic mass is 35.5. The fourth-order valence-corrected chi connectivity index (χ4v) is 2.70. The van der Waals surface area contributed by atoms with Crippen LogP contribution in [0.5, 0.6) is 5.75 Å². The highest BCUT2D eigenvalue weighted by Gasteiger charge is 2.02. The minimum atomic E-state index is -0.423. The van der Waals surface area contributed by atoms with Crippen molar-refractivity contribution in [2.45, 2.75) is 13.2 Å². The first kappa shape index (κ1) is 17.6. The van der Waals surface area contributed by atoms with Gasteiger partial charge >= 0.3 is 0 Å². The highest BCUT2D eigenvalue weighted by molar-refractivity contribution is 6.31. The number of halogens is 3. The molecule has 0 heterocycles. The molecular formula is C20H16Cl2FNO. The maximum Gasteiger partial charge on any atom is 0.141 e. The van der Waals surface area contributed by atoms with Crippen LogP contribution in [0.15, 0.2) is 66.7 Å². The Kier molecular flexibility index (Phi) is 5.79. The van der Waals surface area contributed by atoms with Crippen molar-refractivity contribution in [1.29, 1.82) is 0 Å². The Morgan fingerprint density at radius 3 is 2.40 bits per heavy atom. The van der Waals surface area contributed by atoms with Gasteiger partial charge in [-0.05, 0) is 53.6 Å². The van der Waals surface area contributed by atoms with Gasteiger partial charge in [-0.15, -0.1) is 0 Å². The zero-order valence-electron chi connectivity index (χ0n) is 13.3. The summed E-state index contributed by atoms with van der Waals surface area (Å²) in [6.07, 6.45) is 0. The topological polar surface area (TPSA) is 21.3 Å². The van der Waals surface area contributed by atoms with E-state index < -0.39 is 5.82 Å². The summed E-state index contributed by atoms with van der Waals surface area (Å²) in [4.78, 5) is 0. The van der Waals surface area contributed by atoms with Gasteiger partial charge in [0.25, 0.3) is 0 Å². The van der Waals surface area contributed by atoms with Gasteiger partial charge in [0, 0.05) is 17.3 Å². The number of ether oxygens (including phenoxy) is 1. The van der Waals surface area contributed by atoms with Crippen LogP contribution in [-0.4, -0.2) is 0 Å². The van der Waals surface area contributed by atoms with Crippen molar-refractivity contribution in [1.82, 2.24) is 0 Å². The summed E-state index contributed by atoms with van der Waals surface area (Å²) in [7, 11) is 0. The molecule has 128 valence electrons. The van der Waals surface area contributed by atoms with E-state index in [1.165, 1.54) is 6.07 Å². The van der Waals surface area contributed by atoms with E-state index >= 15 is 0 Å². The molecule has 0 aliphatic rings. The maximum atomic E-state index is 13.1. The van der Waals surface area contributed by atoms with Gasteiger partial charge in [0.1, 0.15) is 18.2 Å². The normalized spacial score (nSPS) is 10.5. The molecule has 0 saturated carbocycles. The average molecular weight is 376 g/mol. The molecule has 3 aromatic rings. The first-order chi connectivity index (χ1) is 12.1. The summed E-state index contributed by atoms with van der Waals surface area (Å²) < 4.78 is 18.9. The van der Waals surface area contributed by atoms with Gasteiger partial charge in [-0.2, -0.15) is 0 Å². The molecule has 0 aliphatic carbocycles. The van der Waals surface area contributed by atoms with E-state index in [2.05, 4.69) is 5.32 Å². The molecule has 0 radical (unpaired) electrons. The summed E-state index contributed by atoms with van der Waals surface area (Å²) >= 11 is 11.7. The van der Waals surface area contributed by atoms with Crippen LogP contribution in [0.25, 0.3) is 0 Å². The van der Waals surface area contributed by atoms with Gasteiger partial charge in [-0.3, -0.25) is 0 Å². The number of nitrogens with one attached hydrogen (secondary N) is 1. The van der Waals surface area contributed by atoms with Crippen molar-refractivity contribution in [3.8, 4) is 5.75 Å². The van der Waals surface area contributed by atoms with Crippen molar-refractivity contribution in [2.75, 3.05) is 5.32 Å². The summed E-state index contributed by atoms with van der Waals surface area (Å²) in [5.41, 5.74) is 2.87. The smallest absolute Gasteiger partial charge is 0.141 e. The molecule has 0 saturated heterocycles. The monoisotopic (exact) mass is 375 g/mol. The molecule has 25 heavy (non-hydrogen) atoms. The van der Waals surface area contributed by atoms with Gasteiger partial charge in [0.2, 0.25) is 0 Å². The number of hydrogen-bond donors (Lipinski definition) is 1. The highest BCUT2D eigenvalue weighted by Crippen LogP contribution is 2.21. The van der Waals surface area contributed by atoms with E-state index in [1.807, 2.05) is 48.5 Å². The van der Waals surface area contributed by atoms with Crippen LogP contribution in [0.1, 0.15) is 11.1 Å². The van der Waals surface area contributed by atoms with Crippen LogP contribution in [0.4, 0.5) is 10.1 Å². The van der Waals surface area contributed by atoms with Crippen LogP contribution < -0.4 is 10.1 Å². The van der Waals surface area contributed by atoms with Gasteiger partial charge in [0.15, 0.2) is 0 Å². The second-order valence-corrected chi connectivity index (χ2v) is 6.39. The molecule has 0 atom stereocenters. The molecule has 0 aliphatic heterocycles. The predicted molar refractivity (Wildman–Crippen MR) is 101 cm³/mol. The third kappa shape index (κ3) is 5.12. The number of rotatable bonds is 6. The van der Waals surface area contributed by atoms with Gasteiger partial charge in [-0.25, -0.2) is 4.39 Å². The van der Waals surface area contributed by atoms with Crippen molar-refractivity contribution in [2.24, 2.45) is 0 Å². The molecule has 0 aromatic heterocycles. The lowest BCUT2D eigenvalue weighted by atomic mass is 10.2. The van der Waals surface area contributed by atoms with Gasteiger partial charge in [0.05, 0.1) is 5.02 Å². The molecule has 0 bridgehead atoms. The molecule has 0 spiro atoms. The number of hydrogen-bond acceptors (Lipinski definition) is 2. The lowest BCUT2D eigenvalue weighted by Gasteiger charge is -2.09. The Hall–Kier alpha value is -2.23. The lowest BCUT2D eigenvalue weighted by molar-refractivity contribution is 0.306. The molecular weight excluding hydrogens is 360 g/mol. The zero-order valence-corrected chi connectivity index (χ0v) is 14.8. The molecule has 0 unspecified atom stereocenters. The van der Waals surface area contributed by atoms with Crippen molar-refractivity contribution in [3.63, 3.8) is 0 Å². The third-order valence-corrected chi connectivity index (χ3v) is 4.16. The summed E-state index contributed by atoms with van der Waals surface area (Å²) in [6.45, 7) is 1.07. The summed E-state index contributed by atoms with van der Waals surface area (Å²) in [5, 5.41) is 4.01. The van der Waals surface area contributed by atoms with Crippen LogP contribution in [0.3, 0.4) is 0 Å². The summed E-state index contributed by atoms with van der Waals surface area (Å²) in [6, 6.07) is 19.9. The third-order valence-electron chi connectivity index (χ3n) is 3.63. The van der Waals surface area contributed by atoms with Crippen molar-refractivity contribution < 1.29 is 9.13 Å². The second kappa shape index (κ2) is 8.24. The Morgan fingerprint density at radius 1 is 0.880 bits per heavy atom. The first-order valence-electron chi connectivity index (χ1n) is 7.75. The maximum absolute atomic E-state index is 13.1. The SMILES string of the molecule is Fc1ccc(NCc2ccc(OCc3cccc(Cl)c3)cc2)cc1Cl. The average Bonchev–Trinajstić information content (AvgIpc) is 2.62. The van der Waals surface area contributed by atoms with E-state index in [0.29, 0.717) is 18.2 Å². The van der Waals surface area contributed by atoms with E-state index in [1.54, 1.807) is 12.1 Å². The molecule has 0 fully saturated rings. The number of benzene rings is 3. The first-order valence-corrected chi connectivity index (χ1v) is 8.51. The predicted octanol–water partition coefficient (Wildman–Crippen LogP) is 6.32. The molecule has 3 aromatic carbocycles. The standard InChI is InChI=1S/C20H16Cl2FNO/c21-16-3-1-2-15(10-16)13-25-18-7-4-14(5-8-18)12-24-17-6-9-20(23)19(22)11-17/h1-11,24H,12-13H2. The van der Waals surface area contributed by atoms with Crippen LogP contribution in [0, 0.1) is 5.82 Å². The largest absolute Gasteiger partial charge is 0.489 e. The second-order valence-electron chi connectivity index (χ2n) is 5.54. The number of anilines is 1. The van der Waals surface area contributed by atoms with E-state index in [-0.39, 0.29) is 5.02 Å². The minimum Gasteiger partial charge on any atom is -0.489 e. The van der Waals surface area contributed by atoms with E-state index in [0.717, 1.165) is 22.6 Å². The van der Waals surface area contributed by atoms with Gasteiger partial charge in [-0.1, -0.05) is 47.5 Å². The van der Waals surface area contributed by atoms with Gasteiger partial charge < -0.3 is 10.1 Å². The van der Waals surface area contributed by atoms with E-state index in [9.17, 15) is 4.39 Å². The summed E-state index contributed by atoms with van der Waals surface area (Å²) in [5.74, 6) is 0.363. The fourth-order valence-electron chi connectivity index (χ4n) is 2.31. The fraction of sp³-hybridized carbons (Fsp3) is 0.100. The Morgan fingerprint density at radius 2 is 1.68 bits per heavy atom.